The van der Waals surface area contributed by atoms with Gasteiger partial charge in [0.25, 0.3) is 5.91 Å². The van der Waals surface area contributed by atoms with Crippen molar-refractivity contribution in [3.05, 3.63) is 35.2 Å². The first-order valence-corrected chi connectivity index (χ1v) is 7.68. The fourth-order valence-electron chi connectivity index (χ4n) is 3.31. The van der Waals surface area contributed by atoms with Crippen LogP contribution >= 0.6 is 11.3 Å². The largest absolute Gasteiger partial charge is 0.348 e. The van der Waals surface area contributed by atoms with Gasteiger partial charge >= 0.3 is 0 Å². The number of carbonyl (C=O) groups is 1. The summed E-state index contributed by atoms with van der Waals surface area (Å²) in [4.78, 5) is 14.8. The standard InChI is InChI=1S/C15H16N2OS/c18-15(16-13-9-17-5-3-12(13)8-17)11-1-2-14-10(7-11)4-6-19-14/h1-2,4,6-7,12-13H,3,5,8-9H2,(H,16,18)/t12-,13+/m1/s1. The van der Waals surface area contributed by atoms with Gasteiger partial charge in [0.1, 0.15) is 0 Å². The molecule has 3 nitrogen and oxygen atoms in total. The highest BCUT2D eigenvalue weighted by molar-refractivity contribution is 7.17. The Morgan fingerprint density at radius 1 is 1.32 bits per heavy atom. The monoisotopic (exact) mass is 272 g/mol. The maximum atomic E-state index is 12.3. The van der Waals surface area contributed by atoms with Gasteiger partial charge in [0.05, 0.1) is 0 Å². The van der Waals surface area contributed by atoms with Gasteiger partial charge in [-0.15, -0.1) is 11.3 Å². The maximum Gasteiger partial charge on any atom is 0.251 e. The van der Waals surface area contributed by atoms with Crippen molar-refractivity contribution in [1.82, 2.24) is 10.2 Å². The Balaban J connectivity index is 1.53. The van der Waals surface area contributed by atoms with Crippen LogP contribution in [0.3, 0.4) is 0 Å². The molecule has 2 aromatic rings. The topological polar surface area (TPSA) is 32.3 Å². The van der Waals surface area contributed by atoms with Crippen LogP contribution in [0.2, 0.25) is 0 Å². The number of nitrogens with zero attached hydrogens (tertiary/aromatic N) is 1. The highest BCUT2D eigenvalue weighted by Crippen LogP contribution is 2.28. The van der Waals surface area contributed by atoms with E-state index in [1.807, 2.05) is 18.2 Å². The molecule has 3 atom stereocenters. The summed E-state index contributed by atoms with van der Waals surface area (Å²) in [7, 11) is 0. The predicted molar refractivity (Wildman–Crippen MR) is 77.6 cm³/mol. The number of carbonyl (C=O) groups excluding carboxylic acids is 1. The predicted octanol–water partition coefficient (Wildman–Crippen LogP) is 2.34. The second-order valence-corrected chi connectivity index (χ2v) is 6.51. The molecular weight excluding hydrogens is 256 g/mol. The van der Waals surface area contributed by atoms with Crippen molar-refractivity contribution >= 4 is 27.3 Å². The zero-order valence-electron chi connectivity index (χ0n) is 10.6. The molecule has 2 bridgehead atoms. The van der Waals surface area contributed by atoms with E-state index >= 15 is 0 Å². The minimum atomic E-state index is 0.0758. The SMILES string of the molecule is O=C(N[C@H]1CN2CC[C@@H]1C2)c1ccc2sccc2c1. The number of nitrogens with one attached hydrogen (secondary N) is 1. The number of piperidine rings is 1. The second kappa shape index (κ2) is 4.32. The van der Waals surface area contributed by atoms with Gasteiger partial charge in [-0.05, 0) is 53.9 Å². The van der Waals surface area contributed by atoms with Crippen LogP contribution in [0.4, 0.5) is 0 Å². The molecule has 3 heterocycles. The van der Waals surface area contributed by atoms with Crippen molar-refractivity contribution in [2.75, 3.05) is 19.6 Å². The fraction of sp³-hybridized carbons (Fsp3) is 0.400. The summed E-state index contributed by atoms with van der Waals surface area (Å²) in [5, 5.41) is 6.43. The summed E-state index contributed by atoms with van der Waals surface area (Å²) in [6, 6.07) is 8.38. The third-order valence-electron chi connectivity index (χ3n) is 4.36. The first-order valence-electron chi connectivity index (χ1n) is 6.80. The summed E-state index contributed by atoms with van der Waals surface area (Å²) >= 11 is 1.71. The Hall–Kier alpha value is -1.39. The first kappa shape index (κ1) is 11.4. The molecule has 4 heteroatoms. The lowest BCUT2D eigenvalue weighted by Crippen LogP contribution is -2.43. The normalized spacial score (nSPS) is 28.9. The minimum Gasteiger partial charge on any atom is -0.348 e. The summed E-state index contributed by atoms with van der Waals surface area (Å²) in [5.74, 6) is 0.737. The lowest BCUT2D eigenvalue weighted by atomic mass is 9.99. The van der Waals surface area contributed by atoms with Crippen LogP contribution in [0.25, 0.3) is 10.1 Å². The van der Waals surface area contributed by atoms with Crippen molar-refractivity contribution in [3.8, 4) is 0 Å². The highest BCUT2D eigenvalue weighted by atomic mass is 32.1. The van der Waals surface area contributed by atoms with Crippen LogP contribution in [0.15, 0.2) is 29.6 Å². The van der Waals surface area contributed by atoms with Gasteiger partial charge in [0.2, 0.25) is 0 Å². The zero-order valence-corrected chi connectivity index (χ0v) is 11.5. The molecule has 1 N–H and O–H groups in total. The molecule has 2 saturated heterocycles. The number of hydrogen-bond acceptors (Lipinski definition) is 3. The maximum absolute atomic E-state index is 12.3. The van der Waals surface area contributed by atoms with Crippen molar-refractivity contribution in [2.24, 2.45) is 5.92 Å². The lowest BCUT2D eigenvalue weighted by molar-refractivity contribution is 0.0924. The van der Waals surface area contributed by atoms with Crippen molar-refractivity contribution in [2.45, 2.75) is 12.5 Å². The summed E-state index contributed by atoms with van der Waals surface area (Å²) in [6.07, 6.45) is 1.23. The smallest absolute Gasteiger partial charge is 0.251 e. The highest BCUT2D eigenvalue weighted by Gasteiger charge is 2.38. The third kappa shape index (κ3) is 1.95. The molecule has 2 fully saturated rings. The number of fused-ring (bicyclic) bond motifs is 3. The van der Waals surface area contributed by atoms with Crippen LogP contribution in [-0.4, -0.2) is 36.5 Å². The number of rotatable bonds is 2. The molecular formula is C15H16N2OS. The molecule has 1 aromatic heterocycles. The Labute approximate surface area is 116 Å². The van der Waals surface area contributed by atoms with E-state index in [-0.39, 0.29) is 5.91 Å². The van der Waals surface area contributed by atoms with E-state index < -0.39 is 0 Å². The van der Waals surface area contributed by atoms with E-state index in [1.165, 1.54) is 17.7 Å². The Morgan fingerprint density at radius 3 is 3.05 bits per heavy atom. The molecule has 0 aliphatic carbocycles. The van der Waals surface area contributed by atoms with Crippen LogP contribution < -0.4 is 5.32 Å². The molecule has 0 radical (unpaired) electrons. The molecule has 1 unspecified atom stereocenters. The Morgan fingerprint density at radius 2 is 2.26 bits per heavy atom. The molecule has 4 rings (SSSR count). The van der Waals surface area contributed by atoms with E-state index in [9.17, 15) is 4.79 Å². The molecule has 0 saturated carbocycles. The van der Waals surface area contributed by atoms with Crippen LogP contribution in [0.1, 0.15) is 16.8 Å². The van der Waals surface area contributed by atoms with Gasteiger partial charge in [0.15, 0.2) is 0 Å². The van der Waals surface area contributed by atoms with Crippen LogP contribution in [-0.2, 0) is 0 Å². The van der Waals surface area contributed by atoms with Crippen molar-refractivity contribution in [1.29, 1.82) is 0 Å². The number of hydrogen-bond donors (Lipinski definition) is 1. The van der Waals surface area contributed by atoms with E-state index in [0.717, 1.165) is 24.0 Å². The molecule has 0 spiro atoms. The summed E-state index contributed by atoms with van der Waals surface area (Å²) in [6.45, 7) is 3.39. The number of amides is 1. The van der Waals surface area contributed by atoms with Crippen molar-refractivity contribution in [3.63, 3.8) is 0 Å². The first-order chi connectivity index (χ1) is 9.29. The average Bonchev–Trinajstić information content (AvgIpc) is 3.13. The van der Waals surface area contributed by atoms with Gasteiger partial charge in [-0.1, -0.05) is 0 Å². The minimum absolute atomic E-state index is 0.0758. The fourth-order valence-corrected chi connectivity index (χ4v) is 4.08. The lowest BCUT2D eigenvalue weighted by Gasteiger charge is -2.23. The second-order valence-electron chi connectivity index (χ2n) is 5.56. The van der Waals surface area contributed by atoms with E-state index in [1.54, 1.807) is 11.3 Å². The molecule has 1 aromatic carbocycles. The molecule has 2 aliphatic heterocycles. The van der Waals surface area contributed by atoms with E-state index in [2.05, 4.69) is 21.7 Å². The van der Waals surface area contributed by atoms with Gasteiger partial charge in [-0.2, -0.15) is 0 Å². The quantitative estimate of drug-likeness (QED) is 0.910. The Kier molecular flexibility index (Phi) is 2.60. The third-order valence-corrected chi connectivity index (χ3v) is 5.26. The Bertz CT molecular complexity index is 636. The summed E-state index contributed by atoms with van der Waals surface area (Å²) < 4.78 is 1.24. The van der Waals surface area contributed by atoms with Crippen LogP contribution in [0, 0.1) is 5.92 Å². The molecule has 2 aliphatic rings. The molecule has 1 amide bonds. The number of benzene rings is 1. The van der Waals surface area contributed by atoms with Gasteiger partial charge < -0.3 is 10.2 Å². The zero-order chi connectivity index (χ0) is 12.8. The van der Waals surface area contributed by atoms with Gasteiger partial charge in [-0.25, -0.2) is 0 Å². The number of thiophene rings is 1. The molecule has 19 heavy (non-hydrogen) atoms. The average molecular weight is 272 g/mol. The van der Waals surface area contributed by atoms with Gasteiger partial charge in [0, 0.05) is 29.4 Å². The molecule has 98 valence electrons. The van der Waals surface area contributed by atoms with E-state index in [0.29, 0.717) is 12.0 Å². The van der Waals surface area contributed by atoms with Gasteiger partial charge in [-0.3, -0.25) is 4.79 Å². The van der Waals surface area contributed by atoms with E-state index in [4.69, 9.17) is 0 Å². The van der Waals surface area contributed by atoms with Crippen LogP contribution in [0.5, 0.6) is 0 Å². The van der Waals surface area contributed by atoms with Crippen molar-refractivity contribution < 1.29 is 4.79 Å². The summed E-state index contributed by atoms with van der Waals surface area (Å²) in [5.41, 5.74) is 0.781.